The maximum Gasteiger partial charge on any atom is 0.250 e. The van der Waals surface area contributed by atoms with Crippen molar-refractivity contribution < 1.29 is 4.74 Å². The summed E-state index contributed by atoms with van der Waals surface area (Å²) in [6, 6.07) is 11.4. The van der Waals surface area contributed by atoms with Gasteiger partial charge in [-0.05, 0) is 43.2 Å². The third-order valence-corrected chi connectivity index (χ3v) is 5.45. The summed E-state index contributed by atoms with van der Waals surface area (Å²) in [5, 5.41) is 8.62. The molecule has 10 heteroatoms. The summed E-state index contributed by atoms with van der Waals surface area (Å²) in [5.74, 6) is 1.30. The van der Waals surface area contributed by atoms with Crippen LogP contribution in [0.5, 0.6) is 0 Å². The average molecular weight is 472 g/mol. The Kier molecular flexibility index (Phi) is 7.04. The summed E-state index contributed by atoms with van der Waals surface area (Å²) < 4.78 is 5.45. The highest BCUT2D eigenvalue weighted by Gasteiger charge is 2.17. The van der Waals surface area contributed by atoms with E-state index in [0.717, 1.165) is 22.4 Å². The largest absolute Gasteiger partial charge is 0.378 e. The first kappa shape index (κ1) is 22.3. The lowest BCUT2D eigenvalue weighted by Crippen LogP contribution is -2.37. The Hall–Kier alpha value is -2.94. The monoisotopic (exact) mass is 471 g/mol. The molecule has 4 rings (SSSR count). The molecule has 2 aromatic carbocycles. The van der Waals surface area contributed by atoms with Crippen molar-refractivity contribution in [2.45, 2.75) is 13.8 Å². The van der Waals surface area contributed by atoms with Gasteiger partial charge in [0, 0.05) is 29.4 Å². The molecular weight excluding hydrogens is 449 g/mol. The quantitative estimate of drug-likeness (QED) is 0.393. The van der Waals surface area contributed by atoms with Gasteiger partial charge in [0.2, 0.25) is 17.8 Å². The lowest BCUT2D eigenvalue weighted by molar-refractivity contribution is 0.122. The van der Waals surface area contributed by atoms with E-state index in [2.05, 4.69) is 53.9 Å². The molecule has 2 N–H and O–H groups in total. The molecule has 0 unspecified atom stereocenters. The van der Waals surface area contributed by atoms with Crippen LogP contribution in [0.3, 0.4) is 0 Å². The van der Waals surface area contributed by atoms with E-state index in [1.165, 1.54) is 0 Å². The van der Waals surface area contributed by atoms with E-state index in [-0.39, 0.29) is 0 Å². The number of ether oxygens (including phenoxy) is 1. The van der Waals surface area contributed by atoms with E-state index in [1.54, 1.807) is 24.4 Å². The van der Waals surface area contributed by atoms with Crippen LogP contribution in [0.4, 0.5) is 23.5 Å². The number of aryl methyl sites for hydroxylation is 2. The molecule has 2 heterocycles. The number of nitrogens with one attached hydrogen (secondary N) is 2. The Bertz CT molecular complexity index is 1130. The van der Waals surface area contributed by atoms with Crippen molar-refractivity contribution in [3.63, 3.8) is 0 Å². The summed E-state index contributed by atoms with van der Waals surface area (Å²) in [5.41, 5.74) is 6.78. The molecule has 0 atom stereocenters. The molecule has 3 aromatic rings. The van der Waals surface area contributed by atoms with Gasteiger partial charge in [-0.3, -0.25) is 0 Å². The van der Waals surface area contributed by atoms with E-state index >= 15 is 0 Å². The summed E-state index contributed by atoms with van der Waals surface area (Å²) >= 11 is 12.2. The van der Waals surface area contributed by atoms with Crippen LogP contribution in [0, 0.1) is 13.8 Å². The predicted molar refractivity (Wildman–Crippen MR) is 130 cm³/mol. The number of nitrogens with zero attached hydrogens (tertiary/aromatic N) is 5. The molecule has 1 saturated heterocycles. The third kappa shape index (κ3) is 5.64. The molecule has 0 spiro atoms. The van der Waals surface area contributed by atoms with Gasteiger partial charge in [-0.15, -0.1) is 0 Å². The molecule has 0 bridgehead atoms. The first-order valence-electron chi connectivity index (χ1n) is 10.1. The average Bonchev–Trinajstić information content (AvgIpc) is 2.78. The Morgan fingerprint density at radius 3 is 2.56 bits per heavy atom. The van der Waals surface area contributed by atoms with Gasteiger partial charge in [0.25, 0.3) is 0 Å². The Morgan fingerprint density at radius 2 is 1.78 bits per heavy atom. The van der Waals surface area contributed by atoms with Crippen molar-refractivity contribution >= 4 is 52.9 Å². The molecule has 8 nitrogen and oxygen atoms in total. The van der Waals surface area contributed by atoms with Gasteiger partial charge >= 0.3 is 0 Å². The van der Waals surface area contributed by atoms with E-state index in [1.807, 2.05) is 13.8 Å². The fraction of sp³-hybridized carbons (Fsp3) is 0.273. The number of aromatic nitrogens is 3. The van der Waals surface area contributed by atoms with Gasteiger partial charge in [-0.25, -0.2) is 5.43 Å². The van der Waals surface area contributed by atoms with E-state index < -0.39 is 0 Å². The van der Waals surface area contributed by atoms with Gasteiger partial charge in [-0.2, -0.15) is 20.1 Å². The number of anilines is 4. The zero-order valence-corrected chi connectivity index (χ0v) is 19.3. The maximum absolute atomic E-state index is 6.21. The molecule has 0 saturated carbocycles. The topological polar surface area (TPSA) is 87.6 Å². The van der Waals surface area contributed by atoms with Gasteiger partial charge in [0.1, 0.15) is 0 Å². The number of halogens is 2. The molecule has 0 radical (unpaired) electrons. The third-order valence-electron chi connectivity index (χ3n) is 4.89. The number of benzene rings is 2. The molecule has 166 valence electrons. The Morgan fingerprint density at radius 1 is 1.00 bits per heavy atom. The smallest absolute Gasteiger partial charge is 0.250 e. The summed E-state index contributed by atoms with van der Waals surface area (Å²) in [6.45, 7) is 6.74. The lowest BCUT2D eigenvalue weighted by Gasteiger charge is -2.27. The maximum atomic E-state index is 6.21. The van der Waals surface area contributed by atoms with Crippen molar-refractivity contribution in [1.82, 2.24) is 15.0 Å². The number of hydrogen-bond donors (Lipinski definition) is 2. The Labute approximate surface area is 196 Å². The molecule has 1 aromatic heterocycles. The second kappa shape index (κ2) is 10.1. The highest BCUT2D eigenvalue weighted by molar-refractivity contribution is 6.36. The predicted octanol–water partition coefficient (Wildman–Crippen LogP) is 4.82. The van der Waals surface area contributed by atoms with Crippen LogP contribution in [0.25, 0.3) is 0 Å². The van der Waals surface area contributed by atoms with Crippen LogP contribution in [-0.2, 0) is 4.74 Å². The van der Waals surface area contributed by atoms with Gasteiger partial charge in [-0.1, -0.05) is 41.4 Å². The zero-order valence-electron chi connectivity index (χ0n) is 17.8. The van der Waals surface area contributed by atoms with E-state index in [0.29, 0.717) is 54.2 Å². The van der Waals surface area contributed by atoms with Crippen molar-refractivity contribution in [3.8, 4) is 0 Å². The number of morpholine rings is 1. The van der Waals surface area contributed by atoms with Crippen LogP contribution >= 0.6 is 23.2 Å². The van der Waals surface area contributed by atoms with Gasteiger partial charge < -0.3 is 15.0 Å². The van der Waals surface area contributed by atoms with Crippen molar-refractivity contribution in [2.24, 2.45) is 5.10 Å². The fourth-order valence-corrected chi connectivity index (χ4v) is 3.59. The van der Waals surface area contributed by atoms with E-state index in [9.17, 15) is 0 Å². The molecule has 1 aliphatic rings. The SMILES string of the molecule is Cc1ccc(C)c(Nc2nc(N/N=C/c3ccc(Cl)cc3Cl)nc(N3CCOCC3)n2)c1. The highest BCUT2D eigenvalue weighted by Crippen LogP contribution is 2.23. The fourth-order valence-electron chi connectivity index (χ4n) is 3.13. The van der Waals surface area contributed by atoms with Crippen LogP contribution in [0.2, 0.25) is 10.0 Å². The Balaban J connectivity index is 1.60. The summed E-state index contributed by atoms with van der Waals surface area (Å²) in [4.78, 5) is 15.7. The number of rotatable bonds is 6. The minimum atomic E-state index is 0.315. The van der Waals surface area contributed by atoms with Gasteiger partial charge in [0.05, 0.1) is 24.5 Å². The summed E-state index contributed by atoms with van der Waals surface area (Å²) in [6.07, 6.45) is 1.59. The molecule has 1 aliphatic heterocycles. The highest BCUT2D eigenvalue weighted by atomic mass is 35.5. The molecular formula is C22H23Cl2N7O. The number of hydrazone groups is 1. The first-order chi connectivity index (χ1) is 15.5. The molecule has 0 amide bonds. The molecule has 1 fully saturated rings. The first-order valence-corrected chi connectivity index (χ1v) is 10.9. The second-order valence-corrected chi connectivity index (χ2v) is 8.20. The minimum Gasteiger partial charge on any atom is -0.378 e. The van der Waals surface area contributed by atoms with Crippen LogP contribution in [-0.4, -0.2) is 47.5 Å². The van der Waals surface area contributed by atoms with Crippen LogP contribution in [0.15, 0.2) is 41.5 Å². The summed E-state index contributed by atoms with van der Waals surface area (Å²) in [7, 11) is 0. The second-order valence-electron chi connectivity index (χ2n) is 7.36. The van der Waals surface area contributed by atoms with E-state index in [4.69, 9.17) is 27.9 Å². The van der Waals surface area contributed by atoms with Crippen molar-refractivity contribution in [3.05, 3.63) is 63.1 Å². The zero-order chi connectivity index (χ0) is 22.5. The van der Waals surface area contributed by atoms with Gasteiger partial charge in [0.15, 0.2) is 0 Å². The van der Waals surface area contributed by atoms with Crippen molar-refractivity contribution in [2.75, 3.05) is 41.9 Å². The van der Waals surface area contributed by atoms with Crippen molar-refractivity contribution in [1.29, 1.82) is 0 Å². The lowest BCUT2D eigenvalue weighted by atomic mass is 10.1. The standard InChI is InChI=1S/C22H23Cl2N7O/c1-14-3-4-15(2)19(11-14)26-20-27-21(29-22(28-20)31-7-9-32-10-8-31)30-25-13-16-5-6-17(23)12-18(16)24/h3-6,11-13H,7-10H2,1-2H3,(H2,26,27,28,29,30)/b25-13+. The van der Waals surface area contributed by atoms with Crippen LogP contribution in [0.1, 0.15) is 16.7 Å². The number of hydrogen-bond acceptors (Lipinski definition) is 8. The minimum absolute atomic E-state index is 0.315. The molecule has 32 heavy (non-hydrogen) atoms. The van der Waals surface area contributed by atoms with Crippen LogP contribution < -0.4 is 15.6 Å². The normalized spacial score (nSPS) is 14.1. The molecule has 0 aliphatic carbocycles.